The number of nitrogens with two attached hydrogens (primary N) is 2. The van der Waals surface area contributed by atoms with Crippen LogP contribution in [0.3, 0.4) is 0 Å². The van der Waals surface area contributed by atoms with E-state index in [-0.39, 0.29) is 45.8 Å². The van der Waals surface area contributed by atoms with Crippen molar-refractivity contribution >= 4 is 46.8 Å². The van der Waals surface area contributed by atoms with Crippen LogP contribution >= 0.6 is 11.6 Å². The Morgan fingerprint density at radius 1 is 0.930 bits per heavy atom. The first-order valence-electron chi connectivity index (χ1n) is 12.8. The summed E-state index contributed by atoms with van der Waals surface area (Å²) in [4.78, 5) is 26.5. The van der Waals surface area contributed by atoms with Gasteiger partial charge in [-0.05, 0) is 48.0 Å². The van der Waals surface area contributed by atoms with Gasteiger partial charge in [0.1, 0.15) is 23.0 Å². The Balaban J connectivity index is 1.43. The van der Waals surface area contributed by atoms with Crippen molar-refractivity contribution in [3.63, 3.8) is 0 Å². The zero-order valence-corrected chi connectivity index (χ0v) is 22.9. The number of carbonyl (C=O) groups is 2. The maximum absolute atomic E-state index is 13.3. The number of rotatable bonds is 5. The second kappa shape index (κ2) is 10.3. The van der Waals surface area contributed by atoms with Gasteiger partial charge in [0.25, 0.3) is 0 Å². The van der Waals surface area contributed by atoms with Crippen molar-refractivity contribution in [3.8, 4) is 23.0 Å². The second-order valence-corrected chi connectivity index (χ2v) is 9.99. The van der Waals surface area contributed by atoms with Gasteiger partial charge < -0.3 is 41.4 Å². The number of fused-ring (bicyclic) bond motifs is 6. The summed E-state index contributed by atoms with van der Waals surface area (Å²) < 4.78 is 17.9. The summed E-state index contributed by atoms with van der Waals surface area (Å²) in [6.45, 7) is 0. The van der Waals surface area contributed by atoms with Crippen molar-refractivity contribution < 1.29 is 28.9 Å². The fourth-order valence-electron chi connectivity index (χ4n) is 5.29. The van der Waals surface area contributed by atoms with Crippen LogP contribution in [0.15, 0.2) is 72.8 Å². The molecular formula is C30H23ClN6O6. The number of ether oxygens (including phenoxy) is 3. The minimum absolute atomic E-state index is 0.000531. The molecule has 12 nitrogen and oxygen atoms in total. The highest BCUT2D eigenvalue weighted by Crippen LogP contribution is 2.57. The number of halogens is 1. The van der Waals surface area contributed by atoms with E-state index >= 15 is 0 Å². The number of alkyl halides is 1. The van der Waals surface area contributed by atoms with Crippen molar-refractivity contribution in [2.75, 3.05) is 10.6 Å². The lowest BCUT2D eigenvalue weighted by Crippen LogP contribution is -2.33. The quantitative estimate of drug-likeness (QED) is 0.0561. The number of hydrogen-bond donors (Lipinski definition) is 7. The highest BCUT2D eigenvalue weighted by Gasteiger charge is 2.53. The lowest BCUT2D eigenvalue weighted by atomic mass is 9.77. The van der Waals surface area contributed by atoms with E-state index in [4.69, 9.17) is 48.1 Å². The molecule has 4 aromatic rings. The molecule has 1 spiro atoms. The number of para-hydroxylation sites is 1. The summed E-state index contributed by atoms with van der Waals surface area (Å²) in [5, 5.41) is 30.6. The lowest BCUT2D eigenvalue weighted by Gasteiger charge is -2.36. The average molecular weight is 599 g/mol. The number of guanidine groups is 2. The van der Waals surface area contributed by atoms with Gasteiger partial charge in [0.05, 0.1) is 22.5 Å². The molecule has 2 aliphatic heterocycles. The number of phenols is 1. The van der Waals surface area contributed by atoms with E-state index < -0.39 is 29.5 Å². The molecule has 43 heavy (non-hydrogen) atoms. The van der Waals surface area contributed by atoms with E-state index in [0.29, 0.717) is 22.3 Å². The highest BCUT2D eigenvalue weighted by atomic mass is 35.5. The molecule has 0 aliphatic carbocycles. The van der Waals surface area contributed by atoms with Crippen LogP contribution in [0.5, 0.6) is 23.0 Å². The highest BCUT2D eigenvalue weighted by molar-refractivity contribution is 6.17. The topological polar surface area (TPSA) is 206 Å². The van der Waals surface area contributed by atoms with Crippen LogP contribution in [-0.2, 0) is 16.2 Å². The second-order valence-electron chi connectivity index (χ2n) is 9.72. The summed E-state index contributed by atoms with van der Waals surface area (Å²) in [6.07, 6.45) is 0. The molecule has 2 heterocycles. The fraction of sp³-hybridized carbons (Fsp3) is 0.0667. The molecule has 1 unspecified atom stereocenters. The van der Waals surface area contributed by atoms with Gasteiger partial charge in [-0.15, -0.1) is 11.6 Å². The summed E-state index contributed by atoms with van der Waals surface area (Å²) in [6, 6.07) is 19.0. The lowest BCUT2D eigenvalue weighted by molar-refractivity contribution is 0.0224. The normalized spacial score (nSPS) is 15.8. The predicted molar refractivity (Wildman–Crippen MR) is 158 cm³/mol. The molecule has 1 atom stereocenters. The fourth-order valence-corrected chi connectivity index (χ4v) is 5.46. The number of phenolic OH excluding ortho intramolecular Hbond substituents is 1. The molecule has 216 valence electrons. The molecule has 0 bridgehead atoms. The van der Waals surface area contributed by atoms with Gasteiger partial charge in [0.15, 0.2) is 17.5 Å². The number of anilines is 2. The van der Waals surface area contributed by atoms with E-state index in [1.165, 1.54) is 36.4 Å². The number of hydrogen-bond acceptors (Lipinski definition) is 8. The third-order valence-electron chi connectivity index (χ3n) is 7.00. The van der Waals surface area contributed by atoms with Crippen molar-refractivity contribution in [1.29, 1.82) is 10.8 Å². The zero-order valence-electron chi connectivity index (χ0n) is 22.2. The van der Waals surface area contributed by atoms with Crippen LogP contribution < -0.4 is 31.6 Å². The Morgan fingerprint density at radius 3 is 2.35 bits per heavy atom. The summed E-state index contributed by atoms with van der Waals surface area (Å²) >= 11 is 6.02. The smallest absolute Gasteiger partial charge is 0.345 e. The summed E-state index contributed by atoms with van der Waals surface area (Å²) in [5.74, 6) is -1.50. The number of carbonyl (C=O) groups excluding carboxylic acids is 2. The molecule has 0 radical (unpaired) electrons. The van der Waals surface area contributed by atoms with Crippen LogP contribution in [0.4, 0.5) is 11.4 Å². The van der Waals surface area contributed by atoms with Crippen LogP contribution in [0.1, 0.15) is 43.0 Å². The van der Waals surface area contributed by atoms with Gasteiger partial charge >= 0.3 is 11.9 Å². The monoisotopic (exact) mass is 598 g/mol. The maximum atomic E-state index is 13.3. The van der Waals surface area contributed by atoms with Crippen molar-refractivity contribution in [2.45, 2.75) is 11.5 Å². The molecule has 0 fully saturated rings. The third-order valence-corrected chi connectivity index (χ3v) is 7.31. The SMILES string of the molecule is N=C(N)Nc1cccc(C(=O)Oc2ccc3c(c2)Oc2cc(O)ccc2C32OC(=O)c3cc(CCl)ccc32)c1NC(=N)N. The van der Waals surface area contributed by atoms with E-state index in [9.17, 15) is 14.7 Å². The van der Waals surface area contributed by atoms with E-state index in [1.54, 1.807) is 30.3 Å². The number of nitrogens with one attached hydrogen (secondary N) is 4. The summed E-state index contributed by atoms with van der Waals surface area (Å²) in [5.41, 5.74) is 12.5. The van der Waals surface area contributed by atoms with E-state index in [1.807, 2.05) is 6.07 Å². The molecule has 0 amide bonds. The van der Waals surface area contributed by atoms with Crippen LogP contribution in [0.25, 0.3) is 0 Å². The number of aromatic hydroxyl groups is 1. The Hall–Kier alpha value is -5.75. The molecule has 0 saturated heterocycles. The first-order chi connectivity index (χ1) is 20.6. The minimum Gasteiger partial charge on any atom is -0.508 e. The van der Waals surface area contributed by atoms with E-state index in [2.05, 4.69) is 10.6 Å². The Labute approximate surface area is 249 Å². The largest absolute Gasteiger partial charge is 0.508 e. The molecular weight excluding hydrogens is 576 g/mol. The van der Waals surface area contributed by atoms with Crippen molar-refractivity contribution in [3.05, 3.63) is 106 Å². The Bertz CT molecular complexity index is 1880. The van der Waals surface area contributed by atoms with Gasteiger partial charge in [0, 0.05) is 34.7 Å². The Morgan fingerprint density at radius 2 is 1.63 bits per heavy atom. The molecule has 6 rings (SSSR count). The van der Waals surface area contributed by atoms with E-state index in [0.717, 1.165) is 5.56 Å². The van der Waals surface area contributed by atoms with Gasteiger partial charge in [0.2, 0.25) is 0 Å². The van der Waals surface area contributed by atoms with Crippen LogP contribution in [-0.4, -0.2) is 29.0 Å². The van der Waals surface area contributed by atoms with Crippen molar-refractivity contribution in [1.82, 2.24) is 0 Å². The zero-order chi connectivity index (χ0) is 30.5. The van der Waals surface area contributed by atoms with Crippen LogP contribution in [0, 0.1) is 10.8 Å². The third kappa shape index (κ3) is 4.59. The predicted octanol–water partition coefficient (Wildman–Crippen LogP) is 4.53. The molecule has 2 aliphatic rings. The number of esters is 2. The van der Waals surface area contributed by atoms with Gasteiger partial charge in [-0.25, -0.2) is 9.59 Å². The molecule has 0 aromatic heterocycles. The van der Waals surface area contributed by atoms with Gasteiger partial charge in [-0.1, -0.05) is 18.2 Å². The summed E-state index contributed by atoms with van der Waals surface area (Å²) in [7, 11) is 0. The standard InChI is InChI=1S/C30H23ClN6O6/c31-13-14-4-7-19-18(10-14)27(40)43-30(19)20-8-5-15(38)11-23(20)42-24-12-16(6-9-21(24)30)41-26(39)17-2-1-3-22(36-28(32)33)25(17)37-29(34)35/h1-12,38H,13H2,(H4,32,33,36)(H4,34,35,37). The number of benzene rings is 4. The molecule has 4 aromatic carbocycles. The van der Waals surface area contributed by atoms with Gasteiger partial charge in [-0.3, -0.25) is 10.8 Å². The van der Waals surface area contributed by atoms with Crippen molar-refractivity contribution in [2.24, 2.45) is 11.5 Å². The molecule has 0 saturated carbocycles. The minimum atomic E-state index is -1.40. The first-order valence-corrected chi connectivity index (χ1v) is 13.3. The van der Waals surface area contributed by atoms with Gasteiger partial charge in [-0.2, -0.15) is 0 Å². The van der Waals surface area contributed by atoms with Crippen LogP contribution in [0.2, 0.25) is 0 Å². The average Bonchev–Trinajstić information content (AvgIpc) is 3.24. The first kappa shape index (κ1) is 27.4. The molecule has 13 heteroatoms. The Kier molecular flexibility index (Phi) is 6.54. The maximum Gasteiger partial charge on any atom is 0.345 e. The molecule has 9 N–H and O–H groups in total.